The van der Waals surface area contributed by atoms with Gasteiger partial charge in [0.2, 0.25) is 11.8 Å². The fourth-order valence-electron chi connectivity index (χ4n) is 3.89. The standard InChI is InChI=1S/C21H25N3O3/c1-15-11-17(23-8-2-3-9-23)6-7-19(15)22-21(26)16-12-20(25)24(13-16)14-18-5-4-10-27-18/h4-7,10-11,16H,2-3,8-9,12-14H2,1H3,(H,22,26). The van der Waals surface area contributed by atoms with Gasteiger partial charge in [-0.1, -0.05) is 0 Å². The molecular formula is C21H25N3O3. The molecule has 1 unspecified atom stereocenters. The van der Waals surface area contributed by atoms with Crippen molar-refractivity contribution in [1.29, 1.82) is 0 Å². The van der Waals surface area contributed by atoms with Gasteiger partial charge in [-0.2, -0.15) is 0 Å². The van der Waals surface area contributed by atoms with E-state index in [0.29, 0.717) is 13.1 Å². The highest BCUT2D eigenvalue weighted by Crippen LogP contribution is 2.27. The molecule has 3 heterocycles. The van der Waals surface area contributed by atoms with Crippen LogP contribution >= 0.6 is 0 Å². The van der Waals surface area contributed by atoms with Crippen molar-refractivity contribution in [2.24, 2.45) is 5.92 Å². The molecule has 6 nitrogen and oxygen atoms in total. The van der Waals surface area contributed by atoms with Crippen LogP contribution in [-0.4, -0.2) is 36.3 Å². The molecule has 1 atom stereocenters. The highest BCUT2D eigenvalue weighted by Gasteiger charge is 2.34. The molecule has 0 aliphatic carbocycles. The molecule has 0 spiro atoms. The van der Waals surface area contributed by atoms with Gasteiger partial charge in [-0.3, -0.25) is 9.59 Å². The van der Waals surface area contributed by atoms with Crippen molar-refractivity contribution in [2.45, 2.75) is 32.7 Å². The summed E-state index contributed by atoms with van der Waals surface area (Å²) in [5.41, 5.74) is 3.08. The van der Waals surface area contributed by atoms with Crippen LogP contribution < -0.4 is 10.2 Å². The molecule has 142 valence electrons. The van der Waals surface area contributed by atoms with Crippen molar-refractivity contribution < 1.29 is 14.0 Å². The van der Waals surface area contributed by atoms with Crippen molar-refractivity contribution in [2.75, 3.05) is 29.9 Å². The minimum Gasteiger partial charge on any atom is -0.467 e. The topological polar surface area (TPSA) is 65.8 Å². The van der Waals surface area contributed by atoms with Gasteiger partial charge in [0.05, 0.1) is 18.7 Å². The summed E-state index contributed by atoms with van der Waals surface area (Å²) in [7, 11) is 0. The molecule has 0 radical (unpaired) electrons. The number of anilines is 2. The van der Waals surface area contributed by atoms with Gasteiger partial charge in [0, 0.05) is 37.4 Å². The van der Waals surface area contributed by atoms with Gasteiger partial charge < -0.3 is 19.5 Å². The number of likely N-dealkylation sites (tertiary alicyclic amines) is 1. The molecule has 1 N–H and O–H groups in total. The minimum atomic E-state index is -0.329. The number of rotatable bonds is 5. The summed E-state index contributed by atoms with van der Waals surface area (Å²) < 4.78 is 5.31. The van der Waals surface area contributed by atoms with E-state index in [4.69, 9.17) is 4.42 Å². The first-order valence-corrected chi connectivity index (χ1v) is 9.57. The number of carbonyl (C=O) groups excluding carboxylic acids is 2. The molecule has 2 amide bonds. The predicted molar refractivity (Wildman–Crippen MR) is 103 cm³/mol. The van der Waals surface area contributed by atoms with Crippen LogP contribution in [0, 0.1) is 12.8 Å². The largest absolute Gasteiger partial charge is 0.467 e. The Kier molecular flexibility index (Phi) is 4.88. The Labute approximate surface area is 159 Å². The van der Waals surface area contributed by atoms with Crippen molar-refractivity contribution in [3.63, 3.8) is 0 Å². The maximum atomic E-state index is 12.7. The van der Waals surface area contributed by atoms with E-state index in [9.17, 15) is 9.59 Å². The van der Waals surface area contributed by atoms with Gasteiger partial charge in [-0.05, 0) is 55.7 Å². The molecule has 4 rings (SSSR count). The Morgan fingerprint density at radius 2 is 2.07 bits per heavy atom. The van der Waals surface area contributed by atoms with E-state index in [2.05, 4.69) is 22.3 Å². The van der Waals surface area contributed by atoms with E-state index < -0.39 is 0 Å². The van der Waals surface area contributed by atoms with E-state index >= 15 is 0 Å². The van der Waals surface area contributed by atoms with Crippen LogP contribution in [0.2, 0.25) is 0 Å². The first-order chi connectivity index (χ1) is 13.1. The van der Waals surface area contributed by atoms with Gasteiger partial charge in [0.15, 0.2) is 0 Å². The second-order valence-corrected chi connectivity index (χ2v) is 7.44. The van der Waals surface area contributed by atoms with Gasteiger partial charge in [0.1, 0.15) is 5.76 Å². The second-order valence-electron chi connectivity index (χ2n) is 7.44. The van der Waals surface area contributed by atoms with Crippen molar-refractivity contribution in [1.82, 2.24) is 4.90 Å². The molecular weight excluding hydrogens is 342 g/mol. The summed E-state index contributed by atoms with van der Waals surface area (Å²) in [5.74, 6) is 0.304. The molecule has 27 heavy (non-hydrogen) atoms. The van der Waals surface area contributed by atoms with Crippen LogP contribution in [-0.2, 0) is 16.1 Å². The summed E-state index contributed by atoms with van der Waals surface area (Å²) in [6.07, 6.45) is 4.32. The highest BCUT2D eigenvalue weighted by atomic mass is 16.3. The highest BCUT2D eigenvalue weighted by molar-refractivity contribution is 5.97. The monoisotopic (exact) mass is 367 g/mol. The Hall–Kier alpha value is -2.76. The summed E-state index contributed by atoms with van der Waals surface area (Å²) in [6, 6.07) is 9.81. The predicted octanol–water partition coefficient (Wildman–Crippen LogP) is 3.18. The maximum absolute atomic E-state index is 12.7. The van der Waals surface area contributed by atoms with Crippen LogP contribution in [0.3, 0.4) is 0 Å². The van der Waals surface area contributed by atoms with Crippen molar-refractivity contribution >= 4 is 23.2 Å². The number of furan rings is 1. The lowest BCUT2D eigenvalue weighted by molar-refractivity contribution is -0.128. The average Bonchev–Trinajstić information content (AvgIpc) is 3.40. The summed E-state index contributed by atoms with van der Waals surface area (Å²) >= 11 is 0. The second kappa shape index (κ2) is 7.47. The van der Waals surface area contributed by atoms with E-state index in [-0.39, 0.29) is 24.2 Å². The number of nitrogens with zero attached hydrogens (tertiary/aromatic N) is 2. The van der Waals surface area contributed by atoms with E-state index in [0.717, 1.165) is 30.1 Å². The third-order valence-electron chi connectivity index (χ3n) is 5.45. The number of amides is 2. The third-order valence-corrected chi connectivity index (χ3v) is 5.45. The van der Waals surface area contributed by atoms with Crippen molar-refractivity contribution in [3.05, 3.63) is 47.9 Å². The first-order valence-electron chi connectivity index (χ1n) is 9.57. The Morgan fingerprint density at radius 1 is 1.26 bits per heavy atom. The fraction of sp³-hybridized carbons (Fsp3) is 0.429. The lowest BCUT2D eigenvalue weighted by Gasteiger charge is -2.20. The molecule has 2 saturated heterocycles. The molecule has 2 aliphatic rings. The number of hydrogen-bond donors (Lipinski definition) is 1. The lowest BCUT2D eigenvalue weighted by atomic mass is 10.1. The normalized spacial score (nSPS) is 19.7. The average molecular weight is 367 g/mol. The summed E-state index contributed by atoms with van der Waals surface area (Å²) in [5, 5.41) is 3.01. The first kappa shape index (κ1) is 17.6. The Balaban J connectivity index is 1.38. The molecule has 2 fully saturated rings. The molecule has 0 saturated carbocycles. The zero-order valence-corrected chi connectivity index (χ0v) is 15.6. The molecule has 0 bridgehead atoms. The fourth-order valence-corrected chi connectivity index (χ4v) is 3.89. The lowest BCUT2D eigenvalue weighted by Crippen LogP contribution is -2.28. The van der Waals surface area contributed by atoms with E-state index in [1.165, 1.54) is 18.5 Å². The van der Waals surface area contributed by atoms with Gasteiger partial charge >= 0.3 is 0 Å². The molecule has 1 aromatic carbocycles. The van der Waals surface area contributed by atoms with Gasteiger partial charge in [0.25, 0.3) is 0 Å². The molecule has 2 aliphatic heterocycles. The Bertz CT molecular complexity index is 825. The summed E-state index contributed by atoms with van der Waals surface area (Å²) in [4.78, 5) is 29.0. The number of aryl methyl sites for hydroxylation is 1. The zero-order chi connectivity index (χ0) is 18.8. The van der Waals surface area contributed by atoms with E-state index in [1.807, 2.05) is 19.1 Å². The number of nitrogens with one attached hydrogen (secondary N) is 1. The zero-order valence-electron chi connectivity index (χ0n) is 15.6. The van der Waals surface area contributed by atoms with Gasteiger partial charge in [-0.15, -0.1) is 0 Å². The number of carbonyl (C=O) groups is 2. The van der Waals surface area contributed by atoms with Crippen LogP contribution in [0.25, 0.3) is 0 Å². The van der Waals surface area contributed by atoms with Crippen molar-refractivity contribution in [3.8, 4) is 0 Å². The molecule has 2 aromatic rings. The van der Waals surface area contributed by atoms with Gasteiger partial charge in [-0.25, -0.2) is 0 Å². The third kappa shape index (κ3) is 3.84. The maximum Gasteiger partial charge on any atom is 0.229 e. The van der Waals surface area contributed by atoms with Crippen LogP contribution in [0.1, 0.15) is 30.6 Å². The molecule has 6 heteroatoms. The van der Waals surface area contributed by atoms with Crippen LogP contribution in [0.5, 0.6) is 0 Å². The number of benzene rings is 1. The number of hydrogen-bond acceptors (Lipinski definition) is 4. The smallest absolute Gasteiger partial charge is 0.229 e. The van der Waals surface area contributed by atoms with E-state index in [1.54, 1.807) is 17.2 Å². The quantitative estimate of drug-likeness (QED) is 0.881. The Morgan fingerprint density at radius 3 is 2.78 bits per heavy atom. The van der Waals surface area contributed by atoms with Crippen LogP contribution in [0.15, 0.2) is 41.0 Å². The minimum absolute atomic E-state index is 0.00680. The summed E-state index contributed by atoms with van der Waals surface area (Å²) in [6.45, 7) is 5.05. The molecule has 1 aromatic heterocycles. The van der Waals surface area contributed by atoms with Crippen LogP contribution in [0.4, 0.5) is 11.4 Å². The SMILES string of the molecule is Cc1cc(N2CCCC2)ccc1NC(=O)C1CC(=O)N(Cc2ccco2)C1.